The third-order valence-corrected chi connectivity index (χ3v) is 3.32. The summed E-state index contributed by atoms with van der Waals surface area (Å²) in [6, 6.07) is -0.635. The van der Waals surface area contributed by atoms with E-state index in [0.29, 0.717) is 4.90 Å². The molecule has 4 nitrogen and oxygen atoms in total. The number of amides is 1. The number of carboxylic acid groups (broad SMARTS) is 1. The number of alkyl halides is 3. The molecule has 0 bridgehead atoms. The van der Waals surface area contributed by atoms with Gasteiger partial charge >= 0.3 is 12.1 Å². The molecular formula is C13H18F3NO3. The van der Waals surface area contributed by atoms with Gasteiger partial charge in [-0.25, -0.2) is 0 Å². The number of aliphatic carboxylic acids is 1. The monoisotopic (exact) mass is 293 g/mol. The van der Waals surface area contributed by atoms with Crippen molar-refractivity contribution in [3.63, 3.8) is 0 Å². The quantitative estimate of drug-likeness (QED) is 0.810. The van der Waals surface area contributed by atoms with Crippen LogP contribution < -0.4 is 0 Å². The molecule has 1 amide bonds. The van der Waals surface area contributed by atoms with Gasteiger partial charge in [0.2, 0.25) is 5.91 Å². The van der Waals surface area contributed by atoms with Crippen LogP contribution in [0.4, 0.5) is 13.2 Å². The zero-order chi connectivity index (χ0) is 15.5. The summed E-state index contributed by atoms with van der Waals surface area (Å²) in [5, 5.41) is 9.08. The molecule has 20 heavy (non-hydrogen) atoms. The fourth-order valence-electron chi connectivity index (χ4n) is 2.28. The van der Waals surface area contributed by atoms with E-state index in [1.807, 2.05) is 0 Å². The van der Waals surface area contributed by atoms with Gasteiger partial charge in [0.15, 0.2) is 0 Å². The van der Waals surface area contributed by atoms with Gasteiger partial charge in [0.25, 0.3) is 0 Å². The Morgan fingerprint density at radius 2 is 1.75 bits per heavy atom. The smallest absolute Gasteiger partial charge is 0.406 e. The van der Waals surface area contributed by atoms with Crippen molar-refractivity contribution in [2.45, 2.75) is 38.9 Å². The molecule has 0 aromatic carbocycles. The molecule has 0 fully saturated rings. The molecule has 0 aliphatic heterocycles. The van der Waals surface area contributed by atoms with Gasteiger partial charge in [-0.1, -0.05) is 12.2 Å². The van der Waals surface area contributed by atoms with Crippen LogP contribution in [0.1, 0.15) is 26.7 Å². The Morgan fingerprint density at radius 1 is 1.25 bits per heavy atom. The van der Waals surface area contributed by atoms with Crippen molar-refractivity contribution in [2.24, 2.45) is 11.8 Å². The molecule has 0 saturated heterocycles. The summed E-state index contributed by atoms with van der Waals surface area (Å²) < 4.78 is 37.6. The average molecular weight is 293 g/mol. The number of hydrogen-bond donors (Lipinski definition) is 1. The molecule has 0 saturated carbocycles. The fraction of sp³-hybridized carbons (Fsp3) is 0.692. The predicted molar refractivity (Wildman–Crippen MR) is 65.9 cm³/mol. The molecule has 1 N–H and O–H groups in total. The first-order valence-electron chi connectivity index (χ1n) is 6.38. The molecular weight excluding hydrogens is 275 g/mol. The van der Waals surface area contributed by atoms with Crippen molar-refractivity contribution in [1.29, 1.82) is 0 Å². The van der Waals surface area contributed by atoms with E-state index in [1.165, 1.54) is 13.8 Å². The molecule has 0 aromatic heterocycles. The molecule has 2 atom stereocenters. The maximum Gasteiger partial charge on any atom is 0.406 e. The van der Waals surface area contributed by atoms with Crippen LogP contribution in [0.5, 0.6) is 0 Å². The number of rotatable bonds is 4. The Balaban J connectivity index is 2.93. The van der Waals surface area contributed by atoms with Gasteiger partial charge in [0, 0.05) is 6.04 Å². The van der Waals surface area contributed by atoms with E-state index in [0.717, 1.165) is 0 Å². The Labute approximate surface area is 115 Å². The molecule has 0 heterocycles. The van der Waals surface area contributed by atoms with Crippen molar-refractivity contribution in [3.05, 3.63) is 12.2 Å². The minimum absolute atomic E-state index is 0.164. The topological polar surface area (TPSA) is 57.6 Å². The van der Waals surface area contributed by atoms with Crippen LogP contribution in [-0.4, -0.2) is 40.6 Å². The molecule has 1 aliphatic carbocycles. The normalized spacial score (nSPS) is 22.9. The second-order valence-electron chi connectivity index (χ2n) is 5.17. The minimum Gasteiger partial charge on any atom is -0.481 e. The molecule has 0 spiro atoms. The van der Waals surface area contributed by atoms with Crippen molar-refractivity contribution < 1.29 is 27.9 Å². The lowest BCUT2D eigenvalue weighted by Gasteiger charge is -2.34. The van der Waals surface area contributed by atoms with E-state index < -0.39 is 42.5 Å². The molecule has 7 heteroatoms. The predicted octanol–water partition coefficient (Wildman–Crippen LogP) is 2.45. The lowest BCUT2D eigenvalue weighted by molar-refractivity contribution is -0.170. The first kappa shape index (κ1) is 16.5. The summed E-state index contributed by atoms with van der Waals surface area (Å²) in [6.45, 7) is 1.62. The van der Waals surface area contributed by atoms with E-state index in [-0.39, 0.29) is 12.8 Å². The van der Waals surface area contributed by atoms with Gasteiger partial charge < -0.3 is 10.0 Å². The van der Waals surface area contributed by atoms with Gasteiger partial charge in [-0.05, 0) is 26.7 Å². The summed E-state index contributed by atoms with van der Waals surface area (Å²) in [5.41, 5.74) is 0. The van der Waals surface area contributed by atoms with Crippen molar-refractivity contribution in [3.8, 4) is 0 Å². The number of nitrogens with zero attached hydrogens (tertiary/aromatic N) is 1. The molecule has 0 radical (unpaired) electrons. The molecule has 1 aliphatic rings. The maximum absolute atomic E-state index is 12.5. The third-order valence-electron chi connectivity index (χ3n) is 3.32. The van der Waals surface area contributed by atoms with Crippen molar-refractivity contribution >= 4 is 11.9 Å². The van der Waals surface area contributed by atoms with Crippen LogP contribution in [0.25, 0.3) is 0 Å². The molecule has 2 unspecified atom stereocenters. The highest BCUT2D eigenvalue weighted by Crippen LogP contribution is 2.29. The number of carbonyl (C=O) groups excluding carboxylic acids is 1. The van der Waals surface area contributed by atoms with Gasteiger partial charge in [0.1, 0.15) is 6.54 Å². The summed E-state index contributed by atoms with van der Waals surface area (Å²) in [4.78, 5) is 24.1. The lowest BCUT2D eigenvalue weighted by Crippen LogP contribution is -2.48. The second-order valence-corrected chi connectivity index (χ2v) is 5.17. The summed E-state index contributed by atoms with van der Waals surface area (Å²) in [5.74, 6) is -3.78. The summed E-state index contributed by atoms with van der Waals surface area (Å²) >= 11 is 0. The van der Waals surface area contributed by atoms with Gasteiger partial charge in [0.05, 0.1) is 11.8 Å². The zero-order valence-corrected chi connectivity index (χ0v) is 11.4. The van der Waals surface area contributed by atoms with E-state index in [9.17, 15) is 22.8 Å². The molecule has 114 valence electrons. The van der Waals surface area contributed by atoms with E-state index in [1.54, 1.807) is 12.2 Å². The van der Waals surface area contributed by atoms with Gasteiger partial charge in [-0.2, -0.15) is 13.2 Å². The number of carboxylic acids is 1. The average Bonchev–Trinajstić information content (AvgIpc) is 2.33. The lowest BCUT2D eigenvalue weighted by atomic mass is 9.82. The van der Waals surface area contributed by atoms with E-state index in [2.05, 4.69) is 0 Å². The zero-order valence-electron chi connectivity index (χ0n) is 11.4. The summed E-state index contributed by atoms with van der Waals surface area (Å²) in [6.07, 6.45) is -0.871. The number of allylic oxidation sites excluding steroid dienone is 2. The molecule has 1 rings (SSSR count). The first-order chi connectivity index (χ1) is 9.13. The number of carbonyl (C=O) groups is 2. The first-order valence-corrected chi connectivity index (χ1v) is 6.38. The van der Waals surface area contributed by atoms with Gasteiger partial charge in [-0.15, -0.1) is 0 Å². The SMILES string of the molecule is CC(C)N(CC(F)(F)F)C(=O)C1CC=CCC1C(=O)O. The van der Waals surface area contributed by atoms with Gasteiger partial charge in [-0.3, -0.25) is 9.59 Å². The van der Waals surface area contributed by atoms with Crippen LogP contribution in [0.2, 0.25) is 0 Å². The van der Waals surface area contributed by atoms with E-state index in [4.69, 9.17) is 5.11 Å². The second kappa shape index (κ2) is 6.28. The fourth-order valence-corrected chi connectivity index (χ4v) is 2.28. The van der Waals surface area contributed by atoms with Crippen LogP contribution in [-0.2, 0) is 9.59 Å². The largest absolute Gasteiger partial charge is 0.481 e. The van der Waals surface area contributed by atoms with Crippen LogP contribution in [0, 0.1) is 11.8 Å². The van der Waals surface area contributed by atoms with Crippen LogP contribution >= 0.6 is 0 Å². The minimum atomic E-state index is -4.50. The standard InChI is InChI=1S/C13H18F3NO3/c1-8(2)17(7-13(14,15)16)11(18)9-5-3-4-6-10(9)12(19)20/h3-4,8-10H,5-7H2,1-2H3,(H,19,20). The van der Waals surface area contributed by atoms with E-state index >= 15 is 0 Å². The Kier molecular flexibility index (Phi) is 5.19. The van der Waals surface area contributed by atoms with Crippen molar-refractivity contribution in [2.75, 3.05) is 6.54 Å². The molecule has 0 aromatic rings. The number of hydrogen-bond acceptors (Lipinski definition) is 2. The summed E-state index contributed by atoms with van der Waals surface area (Å²) in [7, 11) is 0. The van der Waals surface area contributed by atoms with Crippen LogP contribution in [0.3, 0.4) is 0 Å². The Morgan fingerprint density at radius 3 is 2.15 bits per heavy atom. The maximum atomic E-state index is 12.5. The van der Waals surface area contributed by atoms with Crippen LogP contribution in [0.15, 0.2) is 12.2 Å². The van der Waals surface area contributed by atoms with Crippen molar-refractivity contribution in [1.82, 2.24) is 4.90 Å². The number of halogens is 3. The highest BCUT2D eigenvalue weighted by atomic mass is 19.4. The Bertz CT molecular complexity index is 404. The highest BCUT2D eigenvalue weighted by Gasteiger charge is 2.41. The Hall–Kier alpha value is -1.53. The highest BCUT2D eigenvalue weighted by molar-refractivity contribution is 5.85. The third kappa shape index (κ3) is 4.25.